The molecule has 0 saturated heterocycles. The standard InChI is InChI=1S/C13H12FN3O3S/c1-2-10(13-15-5-6-21-13)16-12(18)9-7-8(14)3-4-11(9)17(19)20/h3-7,10H,2H2,1H3,(H,16,18). The Morgan fingerprint density at radius 3 is 2.90 bits per heavy atom. The highest BCUT2D eigenvalue weighted by atomic mass is 32.1. The average molecular weight is 309 g/mol. The van der Waals surface area contributed by atoms with E-state index in [1.807, 2.05) is 6.92 Å². The third-order valence-corrected chi connectivity index (χ3v) is 3.75. The van der Waals surface area contributed by atoms with E-state index in [1.54, 1.807) is 11.6 Å². The van der Waals surface area contributed by atoms with Crippen LogP contribution >= 0.6 is 11.3 Å². The normalized spacial score (nSPS) is 11.9. The minimum Gasteiger partial charge on any atom is -0.343 e. The molecule has 1 heterocycles. The van der Waals surface area contributed by atoms with Crippen molar-refractivity contribution in [3.8, 4) is 0 Å². The van der Waals surface area contributed by atoms with E-state index < -0.39 is 22.3 Å². The molecule has 0 bridgehead atoms. The number of nitrogens with one attached hydrogen (secondary N) is 1. The second-order valence-corrected chi connectivity index (χ2v) is 5.15. The van der Waals surface area contributed by atoms with Gasteiger partial charge >= 0.3 is 0 Å². The minimum absolute atomic E-state index is 0.296. The van der Waals surface area contributed by atoms with Crippen LogP contribution in [-0.2, 0) is 0 Å². The number of benzene rings is 1. The van der Waals surface area contributed by atoms with Gasteiger partial charge in [-0.25, -0.2) is 9.37 Å². The van der Waals surface area contributed by atoms with E-state index in [0.29, 0.717) is 11.4 Å². The molecule has 21 heavy (non-hydrogen) atoms. The van der Waals surface area contributed by atoms with Gasteiger partial charge in [0.15, 0.2) is 0 Å². The summed E-state index contributed by atoms with van der Waals surface area (Å²) in [4.78, 5) is 26.5. The maximum atomic E-state index is 13.3. The molecule has 0 fully saturated rings. The van der Waals surface area contributed by atoms with Crippen molar-refractivity contribution in [3.05, 3.63) is 56.3 Å². The number of rotatable bonds is 5. The highest BCUT2D eigenvalue weighted by Crippen LogP contribution is 2.23. The first-order valence-electron chi connectivity index (χ1n) is 6.17. The van der Waals surface area contributed by atoms with Gasteiger partial charge in [0.1, 0.15) is 16.4 Å². The molecule has 1 aromatic heterocycles. The van der Waals surface area contributed by atoms with Crippen molar-refractivity contribution in [2.24, 2.45) is 0 Å². The van der Waals surface area contributed by atoms with Crippen molar-refractivity contribution in [2.75, 3.05) is 0 Å². The zero-order chi connectivity index (χ0) is 15.4. The minimum atomic E-state index is -0.710. The lowest BCUT2D eigenvalue weighted by Crippen LogP contribution is -2.28. The summed E-state index contributed by atoms with van der Waals surface area (Å²) >= 11 is 1.37. The van der Waals surface area contributed by atoms with Crippen LogP contribution in [0, 0.1) is 15.9 Å². The SMILES string of the molecule is CCC(NC(=O)c1cc(F)ccc1[N+](=O)[O-])c1nccs1. The summed E-state index contributed by atoms with van der Waals surface area (Å²) in [6.07, 6.45) is 2.18. The molecule has 6 nitrogen and oxygen atoms in total. The van der Waals surface area contributed by atoms with E-state index in [2.05, 4.69) is 10.3 Å². The Balaban J connectivity index is 2.27. The summed E-state index contributed by atoms with van der Waals surface area (Å²) in [6, 6.07) is 2.43. The first-order valence-corrected chi connectivity index (χ1v) is 7.05. The summed E-state index contributed by atoms with van der Waals surface area (Å²) in [6.45, 7) is 1.85. The smallest absolute Gasteiger partial charge is 0.282 e. The van der Waals surface area contributed by atoms with Crippen LogP contribution in [-0.4, -0.2) is 15.8 Å². The van der Waals surface area contributed by atoms with Crippen molar-refractivity contribution in [1.82, 2.24) is 10.3 Å². The Morgan fingerprint density at radius 1 is 1.57 bits per heavy atom. The molecule has 2 aromatic rings. The number of carbonyl (C=O) groups excluding carboxylic acids is 1. The maximum absolute atomic E-state index is 13.3. The monoisotopic (exact) mass is 309 g/mol. The van der Waals surface area contributed by atoms with Crippen LogP contribution in [0.25, 0.3) is 0 Å². The van der Waals surface area contributed by atoms with E-state index >= 15 is 0 Å². The molecule has 0 aliphatic rings. The van der Waals surface area contributed by atoms with Crippen molar-refractivity contribution in [3.63, 3.8) is 0 Å². The zero-order valence-electron chi connectivity index (χ0n) is 11.1. The predicted octanol–water partition coefficient (Wildman–Crippen LogP) is 3.07. The first kappa shape index (κ1) is 15.0. The maximum Gasteiger partial charge on any atom is 0.282 e. The molecule has 1 unspecified atom stereocenters. The van der Waals surface area contributed by atoms with Crippen LogP contribution in [0.4, 0.5) is 10.1 Å². The third-order valence-electron chi connectivity index (χ3n) is 2.86. The van der Waals surface area contributed by atoms with Gasteiger partial charge in [-0.2, -0.15) is 0 Å². The van der Waals surface area contributed by atoms with Gasteiger partial charge in [-0.15, -0.1) is 11.3 Å². The van der Waals surface area contributed by atoms with Gasteiger partial charge in [0.2, 0.25) is 0 Å². The van der Waals surface area contributed by atoms with Crippen LogP contribution in [0.15, 0.2) is 29.8 Å². The average Bonchev–Trinajstić information content (AvgIpc) is 2.98. The summed E-state index contributed by atoms with van der Waals surface area (Å²) < 4.78 is 13.3. The van der Waals surface area contributed by atoms with Gasteiger partial charge in [-0.1, -0.05) is 6.92 Å². The van der Waals surface area contributed by atoms with Crippen molar-refractivity contribution >= 4 is 22.9 Å². The summed E-state index contributed by atoms with van der Waals surface area (Å²) in [7, 11) is 0. The molecule has 0 saturated carbocycles. The molecule has 0 aliphatic carbocycles. The molecular formula is C13H12FN3O3S. The quantitative estimate of drug-likeness (QED) is 0.679. The largest absolute Gasteiger partial charge is 0.343 e. The molecule has 0 aliphatic heterocycles. The van der Waals surface area contributed by atoms with E-state index in [9.17, 15) is 19.3 Å². The number of nitrogens with zero attached hydrogens (tertiary/aromatic N) is 2. The Hall–Kier alpha value is -2.35. The fourth-order valence-corrected chi connectivity index (χ4v) is 2.60. The topological polar surface area (TPSA) is 85.1 Å². The first-order chi connectivity index (χ1) is 10.0. The van der Waals surface area contributed by atoms with Gasteiger partial charge in [0.05, 0.1) is 11.0 Å². The summed E-state index contributed by atoms with van der Waals surface area (Å²) in [5.41, 5.74) is -0.724. The Kier molecular flexibility index (Phi) is 4.59. The number of aromatic nitrogens is 1. The second kappa shape index (κ2) is 6.40. The number of thiazole rings is 1. The summed E-state index contributed by atoms with van der Waals surface area (Å²) in [5, 5.41) is 16.0. The van der Waals surface area contributed by atoms with Crippen LogP contribution in [0.2, 0.25) is 0 Å². The van der Waals surface area contributed by atoms with E-state index in [0.717, 1.165) is 18.2 Å². The molecule has 1 N–H and O–H groups in total. The van der Waals surface area contributed by atoms with Crippen molar-refractivity contribution in [2.45, 2.75) is 19.4 Å². The van der Waals surface area contributed by atoms with Gasteiger partial charge in [-0.05, 0) is 18.6 Å². The van der Waals surface area contributed by atoms with Crippen molar-refractivity contribution in [1.29, 1.82) is 0 Å². The zero-order valence-corrected chi connectivity index (χ0v) is 11.9. The lowest BCUT2D eigenvalue weighted by molar-refractivity contribution is -0.385. The fourth-order valence-electron chi connectivity index (χ4n) is 1.83. The molecule has 1 amide bonds. The van der Waals surface area contributed by atoms with E-state index in [4.69, 9.17) is 0 Å². The number of carbonyl (C=O) groups is 1. The number of halogens is 1. The van der Waals surface area contributed by atoms with Crippen LogP contribution in [0.1, 0.15) is 34.8 Å². The lowest BCUT2D eigenvalue weighted by atomic mass is 10.1. The number of amides is 1. The number of hydrogen-bond donors (Lipinski definition) is 1. The van der Waals surface area contributed by atoms with Crippen LogP contribution in [0.3, 0.4) is 0 Å². The number of hydrogen-bond acceptors (Lipinski definition) is 5. The highest BCUT2D eigenvalue weighted by molar-refractivity contribution is 7.09. The van der Waals surface area contributed by atoms with Gasteiger partial charge in [-0.3, -0.25) is 14.9 Å². The van der Waals surface area contributed by atoms with Crippen LogP contribution in [0.5, 0.6) is 0 Å². The molecule has 110 valence electrons. The summed E-state index contributed by atoms with van der Waals surface area (Å²) in [5.74, 6) is -1.39. The van der Waals surface area contributed by atoms with E-state index in [1.165, 1.54) is 11.3 Å². The van der Waals surface area contributed by atoms with Gasteiger partial charge < -0.3 is 5.32 Å². The molecule has 1 atom stereocenters. The third kappa shape index (κ3) is 3.40. The Labute approximate surface area is 123 Å². The van der Waals surface area contributed by atoms with Gasteiger partial charge in [0, 0.05) is 17.6 Å². The highest BCUT2D eigenvalue weighted by Gasteiger charge is 2.23. The Morgan fingerprint density at radius 2 is 2.33 bits per heavy atom. The van der Waals surface area contributed by atoms with E-state index in [-0.39, 0.29) is 11.6 Å². The number of nitro groups is 1. The molecule has 2 rings (SSSR count). The predicted molar refractivity (Wildman–Crippen MR) is 75.7 cm³/mol. The second-order valence-electron chi connectivity index (χ2n) is 4.22. The molecule has 0 radical (unpaired) electrons. The Bertz CT molecular complexity index is 661. The van der Waals surface area contributed by atoms with Crippen molar-refractivity contribution < 1.29 is 14.1 Å². The fraction of sp³-hybridized carbons (Fsp3) is 0.231. The molecule has 0 spiro atoms. The lowest BCUT2D eigenvalue weighted by Gasteiger charge is -2.14. The molecular weight excluding hydrogens is 297 g/mol. The van der Waals surface area contributed by atoms with Gasteiger partial charge in [0.25, 0.3) is 11.6 Å². The number of nitro benzene ring substituents is 1. The molecule has 8 heteroatoms. The molecule has 1 aromatic carbocycles. The van der Waals surface area contributed by atoms with Crippen LogP contribution < -0.4 is 5.32 Å².